The molecule has 1 unspecified atom stereocenters. The van der Waals surface area contributed by atoms with Crippen LogP contribution in [-0.2, 0) is 16.4 Å². The quantitative estimate of drug-likeness (QED) is 0.321. The van der Waals surface area contributed by atoms with Gasteiger partial charge in [0, 0.05) is 19.3 Å². The highest BCUT2D eigenvalue weighted by Gasteiger charge is 2.11. The first kappa shape index (κ1) is 25.4. The van der Waals surface area contributed by atoms with Crippen LogP contribution in [-0.4, -0.2) is 33.7 Å². The number of nitrogens with zero attached hydrogens (tertiary/aromatic N) is 1. The molecule has 160 valence electrons. The highest BCUT2D eigenvalue weighted by Crippen LogP contribution is 2.17. The van der Waals surface area contributed by atoms with E-state index in [1.54, 1.807) is 6.07 Å². The fourth-order valence-electron chi connectivity index (χ4n) is 3.00. The average Bonchev–Trinajstić information content (AvgIpc) is 2.63. The molecule has 0 saturated carbocycles. The van der Waals surface area contributed by atoms with E-state index < -0.39 is 9.84 Å². The number of halogens is 1. The standard InChI is InChI=1S/C22H31N3O2S.HI/c1-6-23-22(24-14-18(4)20-10-7-16(2)8-11-20)25-15-19-9-12-21(17(3)13-19)28(5,26)27;/h7-13,18H,6,14-15H2,1-5H3,(H2,23,24,25);1H. The molecule has 0 heterocycles. The fraction of sp³-hybridized carbons (Fsp3) is 0.409. The Hall–Kier alpha value is -1.61. The molecule has 0 amide bonds. The Balaban J connectivity index is 0.00000420. The smallest absolute Gasteiger partial charge is 0.191 e. The highest BCUT2D eigenvalue weighted by atomic mass is 127. The topological polar surface area (TPSA) is 70.6 Å². The molecule has 2 rings (SSSR count). The van der Waals surface area contributed by atoms with Crippen molar-refractivity contribution in [2.24, 2.45) is 4.99 Å². The number of aliphatic imine (C=N–C) groups is 1. The van der Waals surface area contributed by atoms with Crippen LogP contribution in [0, 0.1) is 13.8 Å². The molecule has 0 aliphatic carbocycles. The van der Waals surface area contributed by atoms with Crippen LogP contribution in [0.1, 0.15) is 42.0 Å². The third-order valence-corrected chi connectivity index (χ3v) is 5.88. The van der Waals surface area contributed by atoms with Crippen molar-refractivity contribution in [2.45, 2.75) is 45.1 Å². The summed E-state index contributed by atoms with van der Waals surface area (Å²) in [4.78, 5) is 5.01. The highest BCUT2D eigenvalue weighted by molar-refractivity contribution is 14.0. The molecular weight excluding hydrogens is 497 g/mol. The van der Waals surface area contributed by atoms with Gasteiger partial charge < -0.3 is 10.6 Å². The monoisotopic (exact) mass is 529 g/mol. The summed E-state index contributed by atoms with van der Waals surface area (Å²) in [6.07, 6.45) is 1.23. The summed E-state index contributed by atoms with van der Waals surface area (Å²) < 4.78 is 23.5. The van der Waals surface area contributed by atoms with Crippen molar-refractivity contribution in [3.63, 3.8) is 0 Å². The van der Waals surface area contributed by atoms with Gasteiger partial charge in [0.2, 0.25) is 0 Å². The van der Waals surface area contributed by atoms with Crippen molar-refractivity contribution in [3.8, 4) is 0 Å². The molecule has 2 N–H and O–H groups in total. The number of guanidine groups is 1. The van der Waals surface area contributed by atoms with Crippen molar-refractivity contribution in [3.05, 3.63) is 64.7 Å². The van der Waals surface area contributed by atoms with Crippen LogP contribution in [0.15, 0.2) is 52.4 Å². The number of hydrogen-bond donors (Lipinski definition) is 2. The van der Waals surface area contributed by atoms with Gasteiger partial charge >= 0.3 is 0 Å². The second-order valence-corrected chi connectivity index (χ2v) is 9.24. The molecule has 0 aromatic heterocycles. The largest absolute Gasteiger partial charge is 0.357 e. The van der Waals surface area contributed by atoms with Gasteiger partial charge in [0.25, 0.3) is 0 Å². The normalized spacial score (nSPS) is 12.8. The van der Waals surface area contributed by atoms with Gasteiger partial charge in [-0.15, -0.1) is 24.0 Å². The van der Waals surface area contributed by atoms with Gasteiger partial charge in [-0.05, 0) is 49.4 Å². The molecular formula is C22H32IN3O2S. The number of rotatable bonds is 7. The number of sulfone groups is 1. The van der Waals surface area contributed by atoms with Crippen molar-refractivity contribution in [2.75, 3.05) is 19.3 Å². The molecule has 0 spiro atoms. The summed E-state index contributed by atoms with van der Waals surface area (Å²) in [6.45, 7) is 10.2. The molecule has 29 heavy (non-hydrogen) atoms. The second kappa shape index (κ2) is 11.5. The first-order valence-corrected chi connectivity index (χ1v) is 11.5. The Morgan fingerprint density at radius 1 is 1.07 bits per heavy atom. The van der Waals surface area contributed by atoms with Crippen molar-refractivity contribution < 1.29 is 8.42 Å². The molecule has 0 aliphatic rings. The first-order valence-electron chi connectivity index (χ1n) is 9.59. The molecule has 0 fully saturated rings. The molecule has 2 aromatic carbocycles. The lowest BCUT2D eigenvalue weighted by Crippen LogP contribution is -2.39. The van der Waals surface area contributed by atoms with Gasteiger partial charge in [-0.1, -0.05) is 48.9 Å². The molecule has 1 atom stereocenters. The third kappa shape index (κ3) is 7.97. The van der Waals surface area contributed by atoms with Crippen LogP contribution < -0.4 is 10.6 Å². The van der Waals surface area contributed by atoms with Crippen molar-refractivity contribution in [1.82, 2.24) is 10.6 Å². The lowest BCUT2D eigenvalue weighted by atomic mass is 10.0. The van der Waals surface area contributed by atoms with E-state index in [4.69, 9.17) is 0 Å². The van der Waals surface area contributed by atoms with Crippen LogP contribution in [0.2, 0.25) is 0 Å². The van der Waals surface area contributed by atoms with Crippen LogP contribution in [0.5, 0.6) is 0 Å². The zero-order valence-corrected chi connectivity index (χ0v) is 21.0. The predicted octanol–water partition coefficient (Wildman–Crippen LogP) is 4.18. The first-order chi connectivity index (χ1) is 13.2. The van der Waals surface area contributed by atoms with E-state index in [9.17, 15) is 8.42 Å². The van der Waals surface area contributed by atoms with Crippen molar-refractivity contribution >= 4 is 39.8 Å². The zero-order valence-electron chi connectivity index (χ0n) is 17.8. The fourth-order valence-corrected chi connectivity index (χ4v) is 3.96. The van der Waals surface area contributed by atoms with Gasteiger partial charge in [-0.25, -0.2) is 13.4 Å². The molecule has 0 bridgehead atoms. The molecule has 0 saturated heterocycles. The van der Waals surface area contributed by atoms with E-state index in [1.807, 2.05) is 26.0 Å². The van der Waals surface area contributed by atoms with E-state index in [2.05, 4.69) is 53.7 Å². The Morgan fingerprint density at radius 2 is 1.72 bits per heavy atom. The summed E-state index contributed by atoms with van der Waals surface area (Å²) >= 11 is 0. The predicted molar refractivity (Wildman–Crippen MR) is 132 cm³/mol. The zero-order chi connectivity index (χ0) is 20.7. The maximum absolute atomic E-state index is 11.8. The number of aryl methyl sites for hydroxylation is 2. The van der Waals surface area contributed by atoms with Crippen molar-refractivity contribution in [1.29, 1.82) is 0 Å². The maximum atomic E-state index is 11.8. The van der Waals surface area contributed by atoms with Gasteiger partial charge in [-0.2, -0.15) is 0 Å². The lowest BCUT2D eigenvalue weighted by molar-refractivity contribution is 0.601. The molecule has 5 nitrogen and oxygen atoms in total. The van der Waals surface area contributed by atoms with Gasteiger partial charge in [0.1, 0.15) is 0 Å². The van der Waals surface area contributed by atoms with E-state index in [0.29, 0.717) is 17.4 Å². The Kier molecular flexibility index (Phi) is 10.1. The summed E-state index contributed by atoms with van der Waals surface area (Å²) in [5.41, 5.74) is 4.28. The summed E-state index contributed by atoms with van der Waals surface area (Å²) in [6, 6.07) is 14.0. The van der Waals surface area contributed by atoms with E-state index in [-0.39, 0.29) is 24.0 Å². The van der Waals surface area contributed by atoms with E-state index in [0.717, 1.165) is 30.2 Å². The summed E-state index contributed by atoms with van der Waals surface area (Å²) in [5, 5.41) is 6.66. The van der Waals surface area contributed by atoms with Crippen LogP contribution in [0.25, 0.3) is 0 Å². The maximum Gasteiger partial charge on any atom is 0.191 e. The minimum absolute atomic E-state index is 0. The molecule has 7 heteroatoms. The molecule has 0 radical (unpaired) electrons. The van der Waals surface area contributed by atoms with Gasteiger partial charge in [0.15, 0.2) is 15.8 Å². The van der Waals surface area contributed by atoms with Gasteiger partial charge in [0.05, 0.1) is 11.4 Å². The summed E-state index contributed by atoms with van der Waals surface area (Å²) in [7, 11) is -3.20. The van der Waals surface area contributed by atoms with Crippen LogP contribution in [0.4, 0.5) is 0 Å². The Morgan fingerprint density at radius 3 is 2.28 bits per heavy atom. The molecule has 0 aliphatic heterocycles. The Labute approximate surface area is 192 Å². The number of benzene rings is 2. The third-order valence-electron chi connectivity index (χ3n) is 4.62. The van der Waals surface area contributed by atoms with E-state index in [1.165, 1.54) is 17.4 Å². The number of nitrogens with one attached hydrogen (secondary N) is 2. The number of hydrogen-bond acceptors (Lipinski definition) is 3. The second-order valence-electron chi connectivity index (χ2n) is 7.26. The molecule has 2 aromatic rings. The minimum atomic E-state index is -3.20. The summed E-state index contributed by atoms with van der Waals surface area (Å²) in [5.74, 6) is 1.12. The lowest BCUT2D eigenvalue weighted by Gasteiger charge is -2.16. The Bertz CT molecular complexity index is 926. The van der Waals surface area contributed by atoms with Crippen LogP contribution >= 0.6 is 24.0 Å². The van der Waals surface area contributed by atoms with Gasteiger partial charge in [-0.3, -0.25) is 0 Å². The minimum Gasteiger partial charge on any atom is -0.357 e. The SMILES string of the molecule is CCNC(=NCc1ccc(S(C)(=O)=O)c(C)c1)NCC(C)c1ccc(C)cc1.I. The van der Waals surface area contributed by atoms with Crippen LogP contribution in [0.3, 0.4) is 0 Å². The van der Waals surface area contributed by atoms with E-state index >= 15 is 0 Å². The average molecular weight is 529 g/mol.